The van der Waals surface area contributed by atoms with Gasteiger partial charge in [0.05, 0.1) is 5.75 Å². The number of nitrogens with zero attached hydrogens (tertiary/aromatic N) is 1. The van der Waals surface area contributed by atoms with Crippen LogP contribution < -0.4 is 0 Å². The fraction of sp³-hybridized carbons (Fsp3) is 0.500. The molecule has 1 fully saturated rings. The Kier molecular flexibility index (Phi) is 2.17. The molecule has 1 aromatic heterocycles. The minimum atomic E-state index is 0.368. The summed E-state index contributed by atoms with van der Waals surface area (Å²) in [5.41, 5.74) is 0. The normalized spacial score (nSPS) is 16.3. The molecule has 1 saturated carbocycles. The summed E-state index contributed by atoms with van der Waals surface area (Å²) in [6.45, 7) is 0. The Labute approximate surface area is 75.0 Å². The van der Waals surface area contributed by atoms with Crippen molar-refractivity contribution in [2.75, 3.05) is 5.75 Å². The Morgan fingerprint density at radius 2 is 2.58 bits per heavy atom. The van der Waals surface area contributed by atoms with Gasteiger partial charge in [-0.15, -0.1) is 0 Å². The topological polar surface area (TPSA) is 45.8 Å². The van der Waals surface area contributed by atoms with Crippen molar-refractivity contribution in [2.45, 2.75) is 18.0 Å². The quantitative estimate of drug-likeness (QED) is 0.717. The lowest BCUT2D eigenvalue weighted by atomic mass is 10.3. The molecule has 1 N–H and O–H groups in total. The number of imidazole rings is 1. The number of rotatable bonds is 4. The number of hydrogen-bond donors (Lipinski definition) is 1. The molecule has 0 unspecified atom stereocenters. The maximum Gasteiger partial charge on any atom is 0.165 e. The lowest BCUT2D eigenvalue weighted by Gasteiger charge is -1.94. The summed E-state index contributed by atoms with van der Waals surface area (Å²) < 4.78 is 0. The van der Waals surface area contributed by atoms with E-state index in [0.29, 0.717) is 17.5 Å². The van der Waals surface area contributed by atoms with Crippen LogP contribution in [-0.2, 0) is 4.79 Å². The third-order valence-corrected chi connectivity index (χ3v) is 2.78. The minimum absolute atomic E-state index is 0.368. The lowest BCUT2D eigenvalue weighted by molar-refractivity contribution is -0.117. The Balaban J connectivity index is 1.78. The van der Waals surface area contributed by atoms with Crippen LogP contribution in [0.25, 0.3) is 0 Å². The van der Waals surface area contributed by atoms with Gasteiger partial charge >= 0.3 is 0 Å². The number of nitrogens with one attached hydrogen (secondary N) is 1. The van der Waals surface area contributed by atoms with E-state index in [-0.39, 0.29) is 0 Å². The summed E-state index contributed by atoms with van der Waals surface area (Å²) in [5.74, 6) is 1.31. The number of ketones is 1. The zero-order chi connectivity index (χ0) is 8.39. The van der Waals surface area contributed by atoms with Gasteiger partial charge in [-0.3, -0.25) is 4.79 Å². The highest BCUT2D eigenvalue weighted by Crippen LogP contribution is 2.31. The van der Waals surface area contributed by atoms with Crippen LogP contribution in [0.2, 0.25) is 0 Å². The first-order valence-electron chi connectivity index (χ1n) is 4.01. The molecule has 0 aliphatic heterocycles. The predicted octanol–water partition coefficient (Wildman–Crippen LogP) is 1.48. The Morgan fingerprint density at radius 3 is 3.17 bits per heavy atom. The molecule has 64 valence electrons. The van der Waals surface area contributed by atoms with Crippen molar-refractivity contribution >= 4 is 17.5 Å². The van der Waals surface area contributed by atoms with Gasteiger partial charge in [0.15, 0.2) is 5.16 Å². The number of H-pyrrole nitrogens is 1. The number of aromatic amines is 1. The number of Topliss-reactive ketones (excluding diaryl/α,β-unsaturated/α-hetero) is 1. The van der Waals surface area contributed by atoms with E-state index < -0.39 is 0 Å². The summed E-state index contributed by atoms with van der Waals surface area (Å²) in [6.07, 6.45) is 5.66. The third kappa shape index (κ3) is 1.88. The fourth-order valence-corrected chi connectivity index (χ4v) is 1.79. The van der Waals surface area contributed by atoms with Crippen molar-refractivity contribution in [2.24, 2.45) is 5.92 Å². The van der Waals surface area contributed by atoms with Gasteiger partial charge in [-0.2, -0.15) is 0 Å². The number of thioether (sulfide) groups is 1. The second-order valence-corrected chi connectivity index (χ2v) is 3.89. The number of aromatic nitrogens is 2. The summed E-state index contributed by atoms with van der Waals surface area (Å²) in [7, 11) is 0. The van der Waals surface area contributed by atoms with E-state index in [1.54, 1.807) is 12.4 Å². The van der Waals surface area contributed by atoms with Gasteiger partial charge in [0.25, 0.3) is 0 Å². The maximum absolute atomic E-state index is 11.2. The molecule has 3 nitrogen and oxygen atoms in total. The van der Waals surface area contributed by atoms with Crippen molar-refractivity contribution in [3.05, 3.63) is 12.4 Å². The Morgan fingerprint density at radius 1 is 1.75 bits per heavy atom. The average Bonchev–Trinajstić information content (AvgIpc) is 2.80. The van der Waals surface area contributed by atoms with E-state index in [2.05, 4.69) is 9.97 Å². The van der Waals surface area contributed by atoms with Crippen molar-refractivity contribution in [1.82, 2.24) is 9.97 Å². The highest BCUT2D eigenvalue weighted by Gasteiger charge is 2.29. The molecule has 0 aromatic carbocycles. The molecule has 1 aliphatic rings. The minimum Gasteiger partial charge on any atom is -0.340 e. The molecule has 1 heterocycles. The molecule has 1 aromatic rings. The lowest BCUT2D eigenvalue weighted by Crippen LogP contribution is -2.03. The molecule has 0 amide bonds. The molecule has 0 atom stereocenters. The summed E-state index contributed by atoms with van der Waals surface area (Å²) in [4.78, 5) is 18.2. The van der Waals surface area contributed by atoms with Gasteiger partial charge in [0.1, 0.15) is 5.78 Å². The largest absolute Gasteiger partial charge is 0.340 e. The monoisotopic (exact) mass is 182 g/mol. The van der Waals surface area contributed by atoms with Crippen LogP contribution in [0.5, 0.6) is 0 Å². The van der Waals surface area contributed by atoms with Crippen LogP contribution in [0, 0.1) is 5.92 Å². The zero-order valence-corrected chi connectivity index (χ0v) is 7.43. The Hall–Kier alpha value is -0.770. The molecule has 1 aliphatic carbocycles. The molecule has 0 spiro atoms. The highest BCUT2D eigenvalue weighted by molar-refractivity contribution is 7.99. The first-order valence-corrected chi connectivity index (χ1v) is 5.00. The molecule has 4 heteroatoms. The van der Waals surface area contributed by atoms with Gasteiger partial charge < -0.3 is 4.98 Å². The van der Waals surface area contributed by atoms with E-state index in [4.69, 9.17) is 0 Å². The standard InChI is InChI=1S/C8H10N2OS/c11-7(6-1-2-6)5-12-8-9-3-4-10-8/h3-4,6H,1-2,5H2,(H,9,10). The highest BCUT2D eigenvalue weighted by atomic mass is 32.2. The van der Waals surface area contributed by atoms with Crippen molar-refractivity contribution in [1.29, 1.82) is 0 Å². The van der Waals surface area contributed by atoms with Crippen molar-refractivity contribution in [3.8, 4) is 0 Å². The van der Waals surface area contributed by atoms with Crippen LogP contribution in [0.1, 0.15) is 12.8 Å². The summed E-state index contributed by atoms with van der Waals surface area (Å²) >= 11 is 1.49. The van der Waals surface area contributed by atoms with Gasteiger partial charge in [-0.25, -0.2) is 4.98 Å². The number of carbonyl (C=O) groups is 1. The molecular formula is C8H10N2OS. The molecule has 12 heavy (non-hydrogen) atoms. The second kappa shape index (κ2) is 3.31. The van der Waals surface area contributed by atoms with Crippen LogP contribution in [0.3, 0.4) is 0 Å². The molecule has 0 radical (unpaired) electrons. The van der Waals surface area contributed by atoms with Crippen LogP contribution >= 0.6 is 11.8 Å². The third-order valence-electron chi connectivity index (χ3n) is 1.86. The van der Waals surface area contributed by atoms with E-state index in [9.17, 15) is 4.79 Å². The van der Waals surface area contributed by atoms with E-state index in [1.807, 2.05) is 0 Å². The summed E-state index contributed by atoms with van der Waals surface area (Å²) in [5, 5.41) is 0.837. The van der Waals surface area contributed by atoms with Crippen LogP contribution in [0.4, 0.5) is 0 Å². The van der Waals surface area contributed by atoms with Crippen LogP contribution in [-0.4, -0.2) is 21.5 Å². The number of hydrogen-bond acceptors (Lipinski definition) is 3. The SMILES string of the molecule is O=C(CSc1ncc[nH]1)C1CC1. The van der Waals surface area contributed by atoms with E-state index >= 15 is 0 Å². The van der Waals surface area contributed by atoms with Gasteiger partial charge in [-0.05, 0) is 12.8 Å². The van der Waals surface area contributed by atoms with Gasteiger partial charge in [0, 0.05) is 18.3 Å². The van der Waals surface area contributed by atoms with Crippen molar-refractivity contribution < 1.29 is 4.79 Å². The molecule has 2 rings (SSSR count). The first-order chi connectivity index (χ1) is 5.86. The fourth-order valence-electron chi connectivity index (χ4n) is 0.992. The summed E-state index contributed by atoms with van der Waals surface area (Å²) in [6, 6.07) is 0. The zero-order valence-electron chi connectivity index (χ0n) is 6.62. The average molecular weight is 182 g/mol. The molecular weight excluding hydrogens is 172 g/mol. The van der Waals surface area contributed by atoms with Crippen LogP contribution in [0.15, 0.2) is 17.6 Å². The molecule has 0 bridgehead atoms. The number of carbonyl (C=O) groups excluding carboxylic acids is 1. The van der Waals surface area contributed by atoms with Crippen molar-refractivity contribution in [3.63, 3.8) is 0 Å². The predicted molar refractivity (Wildman–Crippen MR) is 47.0 cm³/mol. The second-order valence-electron chi connectivity index (χ2n) is 2.92. The van der Waals surface area contributed by atoms with Gasteiger partial charge in [0.2, 0.25) is 0 Å². The molecule has 0 saturated heterocycles. The van der Waals surface area contributed by atoms with E-state index in [1.165, 1.54) is 11.8 Å². The van der Waals surface area contributed by atoms with Gasteiger partial charge in [-0.1, -0.05) is 11.8 Å². The first kappa shape index (κ1) is 7.86. The smallest absolute Gasteiger partial charge is 0.165 e. The van der Waals surface area contributed by atoms with E-state index in [0.717, 1.165) is 18.0 Å². The Bertz CT molecular complexity index is 267. The maximum atomic E-state index is 11.2.